The Hall–Kier alpha value is 1.04. The van der Waals surface area contributed by atoms with Gasteiger partial charge in [-0.25, -0.2) is 4.39 Å². The molecule has 0 spiro atoms. The van der Waals surface area contributed by atoms with E-state index in [0.717, 1.165) is 12.8 Å². The predicted octanol–water partition coefficient (Wildman–Crippen LogP) is -1.85. The molecule has 1 aliphatic rings. The Morgan fingerprint density at radius 2 is 1.91 bits per heavy atom. The summed E-state index contributed by atoms with van der Waals surface area (Å²) >= 11 is -2.22. The summed E-state index contributed by atoms with van der Waals surface area (Å²) < 4.78 is 33.4. The SMILES string of the molecule is O=S([O-])CC1(F)CCCC1.[Na+]. The van der Waals surface area contributed by atoms with Gasteiger partial charge in [-0.15, -0.1) is 0 Å². The number of hydrogen-bond acceptors (Lipinski definition) is 2. The molecule has 1 fully saturated rings. The molecule has 1 saturated carbocycles. The normalized spacial score (nSPS) is 24.2. The molecule has 0 radical (unpaired) electrons. The van der Waals surface area contributed by atoms with Gasteiger partial charge in [-0.3, -0.25) is 4.21 Å². The van der Waals surface area contributed by atoms with E-state index in [1.54, 1.807) is 0 Å². The van der Waals surface area contributed by atoms with E-state index in [0.29, 0.717) is 12.8 Å². The fourth-order valence-corrected chi connectivity index (χ4v) is 2.08. The van der Waals surface area contributed by atoms with Crippen LogP contribution in [0.15, 0.2) is 0 Å². The Labute approximate surface area is 90.5 Å². The third-order valence-corrected chi connectivity index (χ3v) is 2.63. The molecule has 0 aromatic carbocycles. The topological polar surface area (TPSA) is 40.1 Å². The summed E-state index contributed by atoms with van der Waals surface area (Å²) in [7, 11) is 0. The molecule has 0 heterocycles. The molecule has 1 unspecified atom stereocenters. The van der Waals surface area contributed by atoms with Gasteiger partial charge in [0.05, 0.1) is 0 Å². The molecule has 5 heteroatoms. The van der Waals surface area contributed by atoms with E-state index in [9.17, 15) is 13.2 Å². The van der Waals surface area contributed by atoms with Crippen molar-refractivity contribution in [3.8, 4) is 0 Å². The minimum Gasteiger partial charge on any atom is -0.772 e. The second kappa shape index (κ2) is 4.92. The summed E-state index contributed by atoms with van der Waals surface area (Å²) in [6, 6.07) is 0. The Bertz CT molecular complexity index is 148. The van der Waals surface area contributed by atoms with E-state index in [2.05, 4.69) is 0 Å². The van der Waals surface area contributed by atoms with Crippen molar-refractivity contribution in [2.75, 3.05) is 5.75 Å². The second-order valence-corrected chi connectivity index (χ2v) is 3.70. The number of hydrogen-bond donors (Lipinski definition) is 0. The van der Waals surface area contributed by atoms with E-state index in [-0.39, 0.29) is 35.3 Å². The Morgan fingerprint density at radius 1 is 1.45 bits per heavy atom. The number of halogens is 1. The van der Waals surface area contributed by atoms with Crippen molar-refractivity contribution in [3.63, 3.8) is 0 Å². The summed E-state index contributed by atoms with van der Waals surface area (Å²) in [4.78, 5) is 0. The van der Waals surface area contributed by atoms with E-state index in [1.165, 1.54) is 0 Å². The van der Waals surface area contributed by atoms with Crippen molar-refractivity contribution >= 4 is 11.1 Å². The number of rotatable bonds is 2. The standard InChI is InChI=1S/C6H11FO2S.Na/c7-6(5-10(8)9)3-1-2-4-6;/h1-5H2,(H,8,9);/q;+1/p-1. The average Bonchev–Trinajstić information content (AvgIpc) is 2.12. The van der Waals surface area contributed by atoms with Gasteiger partial charge < -0.3 is 4.55 Å². The molecule has 0 saturated heterocycles. The van der Waals surface area contributed by atoms with Crippen LogP contribution in [0.25, 0.3) is 0 Å². The van der Waals surface area contributed by atoms with E-state index < -0.39 is 16.7 Å². The maximum absolute atomic E-state index is 13.2. The summed E-state index contributed by atoms with van der Waals surface area (Å²) in [5, 5.41) is 0. The molecule has 2 nitrogen and oxygen atoms in total. The second-order valence-electron chi connectivity index (χ2n) is 2.81. The van der Waals surface area contributed by atoms with Crippen LogP contribution in [0.1, 0.15) is 25.7 Å². The zero-order valence-electron chi connectivity index (χ0n) is 6.64. The van der Waals surface area contributed by atoms with Crippen molar-refractivity contribution in [2.45, 2.75) is 31.4 Å². The van der Waals surface area contributed by atoms with Crippen molar-refractivity contribution in [3.05, 3.63) is 0 Å². The molecule has 1 atom stereocenters. The third-order valence-electron chi connectivity index (χ3n) is 1.88. The van der Waals surface area contributed by atoms with Crippen LogP contribution in [0.5, 0.6) is 0 Å². The molecule has 0 aliphatic heterocycles. The van der Waals surface area contributed by atoms with Gasteiger partial charge in [-0.1, -0.05) is 23.9 Å². The minimum absolute atomic E-state index is 0. The zero-order valence-corrected chi connectivity index (χ0v) is 9.45. The zero-order chi connectivity index (χ0) is 7.61. The Kier molecular flexibility index (Phi) is 5.38. The van der Waals surface area contributed by atoms with Crippen LogP contribution in [0.4, 0.5) is 4.39 Å². The van der Waals surface area contributed by atoms with Crippen LogP contribution in [0, 0.1) is 0 Å². The first kappa shape index (κ1) is 12.0. The van der Waals surface area contributed by atoms with E-state index in [4.69, 9.17) is 0 Å². The molecule has 0 aromatic rings. The van der Waals surface area contributed by atoms with Gasteiger partial charge in [0.1, 0.15) is 5.67 Å². The van der Waals surface area contributed by atoms with Gasteiger partial charge in [0, 0.05) is 5.75 Å². The number of alkyl halides is 1. The molecule has 1 aliphatic carbocycles. The van der Waals surface area contributed by atoms with Crippen molar-refractivity contribution in [2.24, 2.45) is 0 Å². The molecular formula is C6H10FNaO2S. The molecule has 0 aromatic heterocycles. The molecule has 60 valence electrons. The summed E-state index contributed by atoms with van der Waals surface area (Å²) in [5.41, 5.74) is -1.40. The van der Waals surface area contributed by atoms with Crippen molar-refractivity contribution in [1.29, 1.82) is 0 Å². The van der Waals surface area contributed by atoms with Crippen LogP contribution in [0.3, 0.4) is 0 Å². The average molecular weight is 188 g/mol. The molecule has 1 rings (SSSR count). The van der Waals surface area contributed by atoms with Gasteiger partial charge in [0.25, 0.3) is 0 Å². The maximum Gasteiger partial charge on any atom is 1.00 e. The quantitative estimate of drug-likeness (QED) is 0.377. The molecule has 11 heavy (non-hydrogen) atoms. The largest absolute Gasteiger partial charge is 1.00 e. The first-order chi connectivity index (χ1) is 4.62. The van der Waals surface area contributed by atoms with Crippen LogP contribution in [-0.4, -0.2) is 20.2 Å². The Balaban J connectivity index is 0.000001000. The van der Waals surface area contributed by atoms with Gasteiger partial charge in [0.2, 0.25) is 0 Å². The van der Waals surface area contributed by atoms with Crippen molar-refractivity contribution in [1.82, 2.24) is 0 Å². The minimum atomic E-state index is -2.22. The fourth-order valence-electron chi connectivity index (χ4n) is 1.36. The first-order valence-corrected chi connectivity index (χ1v) is 4.62. The fraction of sp³-hybridized carbons (Fsp3) is 1.00. The van der Waals surface area contributed by atoms with E-state index in [1.807, 2.05) is 0 Å². The van der Waals surface area contributed by atoms with Gasteiger partial charge in [0.15, 0.2) is 0 Å². The summed E-state index contributed by atoms with van der Waals surface area (Å²) in [5.74, 6) is -0.312. The summed E-state index contributed by atoms with van der Waals surface area (Å²) in [6.07, 6.45) is 2.49. The molecular weight excluding hydrogens is 178 g/mol. The van der Waals surface area contributed by atoms with Crippen molar-refractivity contribution < 1.29 is 42.7 Å². The first-order valence-electron chi connectivity index (χ1n) is 3.37. The predicted molar refractivity (Wildman–Crippen MR) is 36.1 cm³/mol. The van der Waals surface area contributed by atoms with Gasteiger partial charge >= 0.3 is 29.6 Å². The van der Waals surface area contributed by atoms with Crippen LogP contribution in [-0.2, 0) is 11.1 Å². The Morgan fingerprint density at radius 3 is 2.27 bits per heavy atom. The van der Waals surface area contributed by atoms with Crippen LogP contribution < -0.4 is 29.6 Å². The van der Waals surface area contributed by atoms with E-state index >= 15 is 0 Å². The van der Waals surface area contributed by atoms with Crippen LogP contribution >= 0.6 is 0 Å². The third kappa shape index (κ3) is 3.99. The van der Waals surface area contributed by atoms with Gasteiger partial charge in [-0.2, -0.15) is 0 Å². The summed E-state index contributed by atoms with van der Waals surface area (Å²) in [6.45, 7) is 0. The molecule has 0 amide bonds. The van der Waals surface area contributed by atoms with Gasteiger partial charge in [-0.05, 0) is 12.8 Å². The maximum atomic E-state index is 13.2. The molecule has 0 N–H and O–H groups in total. The smallest absolute Gasteiger partial charge is 0.772 e. The van der Waals surface area contributed by atoms with Crippen LogP contribution in [0.2, 0.25) is 0 Å². The molecule has 0 bridgehead atoms. The monoisotopic (exact) mass is 188 g/mol.